The smallest absolute Gasteiger partial charge is 0.412 e. The minimum absolute atomic E-state index is 0.0386. The fraction of sp³-hybridized carbons (Fsp3) is 0.312. The van der Waals surface area contributed by atoms with Crippen LogP contribution in [0.15, 0.2) is 30.5 Å². The standard InChI is InChI=1S/C16H19N3O4/c1-16(2,3)23-15(22)18-11-9-12(14(20)21)19(4)13(11)10-7-5-6-8-17-10/h5-9H,1-4H3,(H,18,22)(H,20,21). The van der Waals surface area contributed by atoms with Gasteiger partial charge in [-0.1, -0.05) is 6.07 Å². The highest BCUT2D eigenvalue weighted by Crippen LogP contribution is 2.30. The molecule has 0 fully saturated rings. The van der Waals surface area contributed by atoms with Crippen molar-refractivity contribution in [1.29, 1.82) is 0 Å². The van der Waals surface area contributed by atoms with Crippen molar-refractivity contribution >= 4 is 17.7 Å². The van der Waals surface area contributed by atoms with Crippen LogP contribution in [-0.2, 0) is 11.8 Å². The Morgan fingerprint density at radius 3 is 2.52 bits per heavy atom. The first-order chi connectivity index (χ1) is 10.7. The fourth-order valence-corrected chi connectivity index (χ4v) is 2.13. The number of rotatable bonds is 3. The molecule has 0 radical (unpaired) electrons. The zero-order valence-electron chi connectivity index (χ0n) is 13.5. The fourth-order valence-electron chi connectivity index (χ4n) is 2.13. The summed E-state index contributed by atoms with van der Waals surface area (Å²) in [6.07, 6.45) is 0.942. The third-order valence-corrected chi connectivity index (χ3v) is 3.00. The zero-order valence-corrected chi connectivity index (χ0v) is 13.5. The molecule has 0 aliphatic rings. The van der Waals surface area contributed by atoms with Gasteiger partial charge in [0.2, 0.25) is 0 Å². The first-order valence-electron chi connectivity index (χ1n) is 7.03. The molecule has 7 heteroatoms. The maximum atomic E-state index is 12.0. The summed E-state index contributed by atoms with van der Waals surface area (Å²) in [5, 5.41) is 11.9. The lowest BCUT2D eigenvalue weighted by Crippen LogP contribution is -2.27. The Hall–Kier alpha value is -2.83. The van der Waals surface area contributed by atoms with Crippen LogP contribution in [0.5, 0.6) is 0 Å². The van der Waals surface area contributed by atoms with E-state index in [1.54, 1.807) is 52.2 Å². The molecule has 0 unspecified atom stereocenters. The number of aromatic nitrogens is 2. The molecule has 2 N–H and O–H groups in total. The third kappa shape index (κ3) is 3.88. The maximum Gasteiger partial charge on any atom is 0.412 e. The van der Waals surface area contributed by atoms with E-state index in [-0.39, 0.29) is 5.69 Å². The molecule has 0 spiro atoms. The van der Waals surface area contributed by atoms with E-state index in [2.05, 4.69) is 10.3 Å². The Bertz CT molecular complexity index is 730. The SMILES string of the molecule is Cn1c(C(=O)O)cc(NC(=O)OC(C)(C)C)c1-c1ccccn1. The van der Waals surface area contributed by atoms with Crippen molar-refractivity contribution in [1.82, 2.24) is 9.55 Å². The van der Waals surface area contributed by atoms with Crippen LogP contribution in [0.2, 0.25) is 0 Å². The highest BCUT2D eigenvalue weighted by molar-refractivity contribution is 5.96. The van der Waals surface area contributed by atoms with Crippen molar-refractivity contribution in [2.24, 2.45) is 7.05 Å². The van der Waals surface area contributed by atoms with Gasteiger partial charge in [-0.05, 0) is 39.0 Å². The van der Waals surface area contributed by atoms with Crippen molar-refractivity contribution < 1.29 is 19.4 Å². The van der Waals surface area contributed by atoms with Crippen LogP contribution in [0.4, 0.5) is 10.5 Å². The van der Waals surface area contributed by atoms with Gasteiger partial charge in [-0.2, -0.15) is 0 Å². The van der Waals surface area contributed by atoms with Crippen LogP contribution in [0.25, 0.3) is 11.4 Å². The molecule has 2 rings (SSSR count). The quantitative estimate of drug-likeness (QED) is 0.907. The van der Waals surface area contributed by atoms with Gasteiger partial charge < -0.3 is 14.4 Å². The lowest BCUT2D eigenvalue weighted by Gasteiger charge is -2.19. The Morgan fingerprint density at radius 1 is 1.30 bits per heavy atom. The summed E-state index contributed by atoms with van der Waals surface area (Å²) in [4.78, 5) is 27.6. The normalized spacial score (nSPS) is 11.1. The molecule has 2 heterocycles. The maximum absolute atomic E-state index is 12.0. The largest absolute Gasteiger partial charge is 0.477 e. The lowest BCUT2D eigenvalue weighted by molar-refractivity contribution is 0.0633. The monoisotopic (exact) mass is 317 g/mol. The van der Waals surface area contributed by atoms with E-state index in [1.165, 1.54) is 10.6 Å². The van der Waals surface area contributed by atoms with E-state index in [4.69, 9.17) is 4.74 Å². The van der Waals surface area contributed by atoms with Crippen molar-refractivity contribution in [3.8, 4) is 11.4 Å². The number of carbonyl (C=O) groups is 2. The van der Waals surface area contributed by atoms with Gasteiger partial charge in [0, 0.05) is 13.2 Å². The summed E-state index contributed by atoms with van der Waals surface area (Å²) >= 11 is 0. The van der Waals surface area contributed by atoms with Gasteiger partial charge in [0.1, 0.15) is 11.3 Å². The molecule has 7 nitrogen and oxygen atoms in total. The average Bonchev–Trinajstić information content (AvgIpc) is 2.74. The first kappa shape index (κ1) is 16.5. The molecule has 122 valence electrons. The van der Waals surface area contributed by atoms with Crippen LogP contribution < -0.4 is 5.32 Å². The van der Waals surface area contributed by atoms with Crippen molar-refractivity contribution in [2.45, 2.75) is 26.4 Å². The summed E-state index contributed by atoms with van der Waals surface area (Å²) in [6, 6.07) is 6.66. The Kier molecular flexibility index (Phi) is 4.40. The van der Waals surface area contributed by atoms with Gasteiger partial charge in [-0.3, -0.25) is 10.3 Å². The number of hydrogen-bond acceptors (Lipinski definition) is 4. The molecule has 23 heavy (non-hydrogen) atoms. The zero-order chi connectivity index (χ0) is 17.2. The number of ether oxygens (including phenoxy) is 1. The van der Waals surface area contributed by atoms with Crippen LogP contribution >= 0.6 is 0 Å². The molecule has 1 amide bonds. The topological polar surface area (TPSA) is 93.5 Å². The molecule has 0 aromatic carbocycles. The minimum atomic E-state index is -1.10. The number of nitrogens with one attached hydrogen (secondary N) is 1. The molecule has 0 aliphatic carbocycles. The second kappa shape index (κ2) is 6.12. The first-order valence-corrected chi connectivity index (χ1v) is 7.03. The molecule has 0 saturated carbocycles. The van der Waals surface area contributed by atoms with Crippen molar-refractivity contribution in [3.05, 3.63) is 36.2 Å². The number of carbonyl (C=O) groups excluding carboxylic acids is 1. The van der Waals surface area contributed by atoms with Gasteiger partial charge in [0.25, 0.3) is 0 Å². The Morgan fingerprint density at radius 2 is 2.00 bits per heavy atom. The van der Waals surface area contributed by atoms with Gasteiger partial charge in [-0.15, -0.1) is 0 Å². The van der Waals surface area contributed by atoms with Crippen molar-refractivity contribution in [3.63, 3.8) is 0 Å². The van der Waals surface area contributed by atoms with E-state index in [0.29, 0.717) is 17.1 Å². The van der Waals surface area contributed by atoms with Gasteiger partial charge in [0.05, 0.1) is 17.1 Å². The van der Waals surface area contributed by atoms with Crippen LogP contribution in [0.3, 0.4) is 0 Å². The Labute approximate surface area is 133 Å². The highest BCUT2D eigenvalue weighted by atomic mass is 16.6. The Balaban J connectivity index is 2.44. The molecule has 2 aromatic heterocycles. The number of amides is 1. The van der Waals surface area contributed by atoms with Gasteiger partial charge >= 0.3 is 12.1 Å². The van der Waals surface area contributed by atoms with E-state index in [0.717, 1.165) is 0 Å². The van der Waals surface area contributed by atoms with Crippen LogP contribution in [0, 0.1) is 0 Å². The summed E-state index contributed by atoms with van der Waals surface area (Å²) in [6.45, 7) is 5.25. The van der Waals surface area contributed by atoms with Gasteiger partial charge in [0.15, 0.2) is 0 Å². The number of anilines is 1. The highest BCUT2D eigenvalue weighted by Gasteiger charge is 2.23. The molecule has 0 atom stereocenters. The molecular formula is C16H19N3O4. The summed E-state index contributed by atoms with van der Waals surface area (Å²) < 4.78 is 6.68. The average molecular weight is 317 g/mol. The third-order valence-electron chi connectivity index (χ3n) is 3.00. The minimum Gasteiger partial charge on any atom is -0.477 e. The second-order valence-corrected chi connectivity index (χ2v) is 6.00. The molecule has 0 saturated heterocycles. The van der Waals surface area contributed by atoms with E-state index in [1.807, 2.05) is 0 Å². The van der Waals surface area contributed by atoms with Crippen LogP contribution in [0.1, 0.15) is 31.3 Å². The lowest BCUT2D eigenvalue weighted by atomic mass is 10.2. The predicted molar refractivity (Wildman–Crippen MR) is 85.5 cm³/mol. The molecule has 2 aromatic rings. The van der Waals surface area contributed by atoms with E-state index < -0.39 is 17.7 Å². The van der Waals surface area contributed by atoms with Crippen LogP contribution in [-0.4, -0.2) is 32.3 Å². The number of nitrogens with zero attached hydrogens (tertiary/aromatic N) is 2. The summed E-state index contributed by atoms with van der Waals surface area (Å²) in [5.74, 6) is -1.10. The predicted octanol–water partition coefficient (Wildman–Crippen LogP) is 3.13. The molecule has 0 bridgehead atoms. The number of carboxylic acid groups (broad SMARTS) is 1. The number of carboxylic acids is 1. The number of aromatic carboxylic acids is 1. The number of hydrogen-bond donors (Lipinski definition) is 2. The molecular weight excluding hydrogens is 298 g/mol. The summed E-state index contributed by atoms with van der Waals surface area (Å²) in [5.41, 5.74) is 0.761. The summed E-state index contributed by atoms with van der Waals surface area (Å²) in [7, 11) is 1.60. The van der Waals surface area contributed by atoms with Crippen molar-refractivity contribution in [2.75, 3.05) is 5.32 Å². The van der Waals surface area contributed by atoms with E-state index in [9.17, 15) is 14.7 Å². The number of pyridine rings is 1. The second-order valence-electron chi connectivity index (χ2n) is 6.00. The van der Waals surface area contributed by atoms with Gasteiger partial charge in [-0.25, -0.2) is 9.59 Å². The van der Waals surface area contributed by atoms with E-state index >= 15 is 0 Å². The molecule has 0 aliphatic heterocycles.